The number of aryl methyl sites for hydroxylation is 1. The molecule has 0 aromatic heterocycles. The van der Waals surface area contributed by atoms with Crippen molar-refractivity contribution in [3.05, 3.63) is 29.8 Å². The first kappa shape index (κ1) is 19.4. The lowest BCUT2D eigenvalue weighted by Crippen LogP contribution is -2.29. The topological polar surface area (TPSA) is 52.6 Å². The van der Waals surface area contributed by atoms with Gasteiger partial charge in [-0.3, -0.25) is 4.18 Å². The van der Waals surface area contributed by atoms with Gasteiger partial charge in [0.2, 0.25) is 0 Å². The quantitative estimate of drug-likeness (QED) is 0.489. The van der Waals surface area contributed by atoms with Crippen LogP contribution in [0.5, 0.6) is 0 Å². The number of ether oxygens (including phenoxy) is 1. The van der Waals surface area contributed by atoms with E-state index in [1.165, 1.54) is 6.42 Å². The molecule has 1 fully saturated rings. The van der Waals surface area contributed by atoms with Crippen LogP contribution in [0.3, 0.4) is 0 Å². The van der Waals surface area contributed by atoms with Crippen molar-refractivity contribution < 1.29 is 17.3 Å². The van der Waals surface area contributed by atoms with Crippen LogP contribution in [0.15, 0.2) is 29.2 Å². The zero-order valence-electron chi connectivity index (χ0n) is 14.9. The zero-order chi connectivity index (χ0) is 17.4. The molecule has 0 saturated heterocycles. The highest BCUT2D eigenvalue weighted by Gasteiger charge is 2.27. The molecule has 0 spiro atoms. The Morgan fingerprint density at radius 2 is 1.67 bits per heavy atom. The molecule has 1 aromatic carbocycles. The standard InChI is InChI=1S/C19H30O4S/c1-3-4-13-22-14-17-7-5-6-8-18(17)15-23-24(20,21)19-11-9-16(2)10-12-19/h9-12,17-18H,3-8,13-15H2,1-2H3. The van der Waals surface area contributed by atoms with Gasteiger partial charge in [-0.1, -0.05) is 43.9 Å². The maximum absolute atomic E-state index is 12.3. The third-order valence-electron chi connectivity index (χ3n) is 4.79. The Balaban J connectivity index is 1.88. The monoisotopic (exact) mass is 354 g/mol. The fourth-order valence-electron chi connectivity index (χ4n) is 3.15. The highest BCUT2D eigenvalue weighted by Crippen LogP contribution is 2.31. The molecule has 0 bridgehead atoms. The molecule has 0 radical (unpaired) electrons. The second-order valence-electron chi connectivity index (χ2n) is 6.78. The van der Waals surface area contributed by atoms with Crippen LogP contribution in [-0.4, -0.2) is 28.2 Å². The van der Waals surface area contributed by atoms with E-state index in [4.69, 9.17) is 8.92 Å². The van der Waals surface area contributed by atoms with E-state index < -0.39 is 10.1 Å². The van der Waals surface area contributed by atoms with Crippen LogP contribution in [0.25, 0.3) is 0 Å². The van der Waals surface area contributed by atoms with Gasteiger partial charge in [0.05, 0.1) is 11.5 Å². The summed E-state index contributed by atoms with van der Waals surface area (Å²) in [6, 6.07) is 6.80. The molecule has 0 amide bonds. The minimum Gasteiger partial charge on any atom is -0.381 e. The first-order chi connectivity index (χ1) is 11.5. The van der Waals surface area contributed by atoms with Crippen molar-refractivity contribution in [2.45, 2.75) is 57.3 Å². The summed E-state index contributed by atoms with van der Waals surface area (Å²) in [6.45, 7) is 5.86. The average Bonchev–Trinajstić information content (AvgIpc) is 2.58. The van der Waals surface area contributed by atoms with Gasteiger partial charge in [0.1, 0.15) is 0 Å². The van der Waals surface area contributed by atoms with Gasteiger partial charge in [-0.25, -0.2) is 0 Å². The second-order valence-corrected chi connectivity index (χ2v) is 8.40. The van der Waals surface area contributed by atoms with E-state index in [9.17, 15) is 8.42 Å². The van der Waals surface area contributed by atoms with Crippen LogP contribution in [0, 0.1) is 18.8 Å². The Morgan fingerprint density at radius 1 is 1.04 bits per heavy atom. The summed E-state index contributed by atoms with van der Waals surface area (Å²) in [7, 11) is -3.67. The maximum atomic E-state index is 12.3. The van der Waals surface area contributed by atoms with Crippen LogP contribution < -0.4 is 0 Å². The van der Waals surface area contributed by atoms with Gasteiger partial charge in [0.25, 0.3) is 10.1 Å². The molecule has 2 atom stereocenters. The lowest BCUT2D eigenvalue weighted by atomic mass is 9.80. The Kier molecular flexibility index (Phi) is 7.72. The minimum atomic E-state index is -3.67. The Bertz CT molecular complexity index is 580. The summed E-state index contributed by atoms with van der Waals surface area (Å²) in [5.41, 5.74) is 1.03. The highest BCUT2D eigenvalue weighted by molar-refractivity contribution is 7.86. The smallest absolute Gasteiger partial charge is 0.296 e. The Labute approximate surface area is 146 Å². The van der Waals surface area contributed by atoms with E-state index in [2.05, 4.69) is 6.92 Å². The van der Waals surface area contributed by atoms with E-state index >= 15 is 0 Å². The van der Waals surface area contributed by atoms with Crippen molar-refractivity contribution in [2.24, 2.45) is 11.8 Å². The molecule has 1 aliphatic rings. The highest BCUT2D eigenvalue weighted by atomic mass is 32.2. The molecule has 0 N–H and O–H groups in total. The summed E-state index contributed by atoms with van der Waals surface area (Å²) in [5, 5.41) is 0. The predicted octanol–water partition coefficient (Wildman–Crippen LogP) is 4.32. The Morgan fingerprint density at radius 3 is 2.29 bits per heavy atom. The van der Waals surface area contributed by atoms with Crippen LogP contribution >= 0.6 is 0 Å². The van der Waals surface area contributed by atoms with Gasteiger partial charge in [0.15, 0.2) is 0 Å². The summed E-state index contributed by atoms with van der Waals surface area (Å²) in [6.07, 6.45) is 6.67. The van der Waals surface area contributed by atoms with Crippen LogP contribution in [0.1, 0.15) is 51.0 Å². The number of rotatable bonds is 9. The number of unbranched alkanes of at least 4 members (excludes halogenated alkanes) is 1. The molecule has 0 heterocycles. The molecular weight excluding hydrogens is 324 g/mol. The van der Waals surface area contributed by atoms with Crippen molar-refractivity contribution >= 4 is 10.1 Å². The van der Waals surface area contributed by atoms with Gasteiger partial charge < -0.3 is 4.74 Å². The van der Waals surface area contributed by atoms with E-state index in [1.807, 2.05) is 6.92 Å². The van der Waals surface area contributed by atoms with Crippen molar-refractivity contribution in [3.8, 4) is 0 Å². The Hall–Kier alpha value is -0.910. The summed E-state index contributed by atoms with van der Waals surface area (Å²) in [5.74, 6) is 0.671. The van der Waals surface area contributed by atoms with Gasteiger partial charge >= 0.3 is 0 Å². The molecule has 0 aliphatic heterocycles. The van der Waals surface area contributed by atoms with Crippen LogP contribution in [-0.2, 0) is 19.0 Å². The molecule has 5 heteroatoms. The second kappa shape index (κ2) is 9.54. The van der Waals surface area contributed by atoms with Crippen molar-refractivity contribution in [3.63, 3.8) is 0 Å². The van der Waals surface area contributed by atoms with Crippen molar-refractivity contribution in [2.75, 3.05) is 19.8 Å². The van der Waals surface area contributed by atoms with E-state index in [-0.39, 0.29) is 17.4 Å². The third-order valence-corrected chi connectivity index (χ3v) is 6.08. The molecule has 1 saturated carbocycles. The van der Waals surface area contributed by atoms with Gasteiger partial charge in [-0.05, 0) is 50.2 Å². The van der Waals surface area contributed by atoms with Crippen molar-refractivity contribution in [1.29, 1.82) is 0 Å². The molecule has 136 valence electrons. The fourth-order valence-corrected chi connectivity index (χ4v) is 4.11. The molecule has 1 aromatic rings. The molecular formula is C19H30O4S. The normalized spacial score (nSPS) is 21.8. The molecule has 24 heavy (non-hydrogen) atoms. The van der Waals surface area contributed by atoms with E-state index in [0.29, 0.717) is 5.92 Å². The van der Waals surface area contributed by atoms with Gasteiger partial charge in [-0.2, -0.15) is 8.42 Å². The molecule has 2 unspecified atom stereocenters. The number of benzene rings is 1. The lowest BCUT2D eigenvalue weighted by Gasteiger charge is -2.31. The average molecular weight is 355 g/mol. The maximum Gasteiger partial charge on any atom is 0.296 e. The number of hydrogen-bond acceptors (Lipinski definition) is 4. The first-order valence-electron chi connectivity index (χ1n) is 9.06. The summed E-state index contributed by atoms with van der Waals surface area (Å²) >= 11 is 0. The summed E-state index contributed by atoms with van der Waals surface area (Å²) in [4.78, 5) is 0.236. The molecule has 4 nitrogen and oxygen atoms in total. The third kappa shape index (κ3) is 5.87. The first-order valence-corrected chi connectivity index (χ1v) is 10.5. The lowest BCUT2D eigenvalue weighted by molar-refractivity contribution is 0.0427. The zero-order valence-corrected chi connectivity index (χ0v) is 15.7. The molecule has 2 rings (SSSR count). The fraction of sp³-hybridized carbons (Fsp3) is 0.684. The number of hydrogen-bond donors (Lipinski definition) is 0. The predicted molar refractivity (Wildman–Crippen MR) is 95.5 cm³/mol. The van der Waals surface area contributed by atoms with E-state index in [0.717, 1.165) is 50.9 Å². The van der Waals surface area contributed by atoms with Gasteiger partial charge in [0, 0.05) is 13.2 Å². The van der Waals surface area contributed by atoms with Crippen LogP contribution in [0.4, 0.5) is 0 Å². The van der Waals surface area contributed by atoms with Crippen LogP contribution in [0.2, 0.25) is 0 Å². The summed E-state index contributed by atoms with van der Waals surface area (Å²) < 4.78 is 35.8. The SMILES string of the molecule is CCCCOCC1CCCCC1COS(=O)(=O)c1ccc(C)cc1. The molecule has 1 aliphatic carbocycles. The van der Waals surface area contributed by atoms with Crippen molar-refractivity contribution in [1.82, 2.24) is 0 Å². The largest absolute Gasteiger partial charge is 0.381 e. The minimum absolute atomic E-state index is 0.236. The van der Waals surface area contributed by atoms with Gasteiger partial charge in [-0.15, -0.1) is 0 Å². The van der Waals surface area contributed by atoms with E-state index in [1.54, 1.807) is 24.3 Å².